The Bertz CT molecular complexity index is 442. The molecule has 0 radical (unpaired) electrons. The molecule has 1 heterocycles. The van der Waals surface area contributed by atoms with Gasteiger partial charge in [-0.25, -0.2) is 0 Å². The van der Waals surface area contributed by atoms with Gasteiger partial charge in [-0.3, -0.25) is 4.98 Å². The van der Waals surface area contributed by atoms with Crippen LogP contribution in [-0.2, 0) is 4.43 Å². The number of hydrogen-bond donors (Lipinski definition) is 0. The van der Waals surface area contributed by atoms with Crippen LogP contribution in [0.25, 0.3) is 10.9 Å². The Morgan fingerprint density at radius 3 is 3.00 bits per heavy atom. The van der Waals surface area contributed by atoms with Crippen LogP contribution >= 0.6 is 38.5 Å². The lowest BCUT2D eigenvalue weighted by Gasteiger charge is -2.02. The summed E-state index contributed by atoms with van der Waals surface area (Å²) in [5.41, 5.74) is 2.41. The molecule has 2 aromatic rings. The van der Waals surface area contributed by atoms with Crippen molar-refractivity contribution in [2.75, 3.05) is 0 Å². The van der Waals surface area contributed by atoms with Crippen molar-refractivity contribution in [3.8, 4) is 0 Å². The predicted molar refractivity (Wildman–Crippen MR) is 67.2 cm³/mol. The van der Waals surface area contributed by atoms with Crippen LogP contribution in [0.5, 0.6) is 0 Å². The Balaban J connectivity index is 2.79. The standard InChI is InChI=1S/C10H7BrIN/c11-8-4-9-7(5-12)2-1-3-10(9)13-6-8/h1-4,6H,5H2. The maximum atomic E-state index is 4.34. The number of pyridine rings is 1. The molecule has 0 aliphatic heterocycles. The highest BCUT2D eigenvalue weighted by Crippen LogP contribution is 2.22. The van der Waals surface area contributed by atoms with Gasteiger partial charge in [-0.2, -0.15) is 0 Å². The van der Waals surface area contributed by atoms with Gasteiger partial charge in [0.1, 0.15) is 0 Å². The molecule has 0 atom stereocenters. The molecule has 66 valence electrons. The van der Waals surface area contributed by atoms with Gasteiger partial charge in [0.15, 0.2) is 0 Å². The summed E-state index contributed by atoms with van der Waals surface area (Å²) in [6.45, 7) is 0. The van der Waals surface area contributed by atoms with Crippen LogP contribution in [-0.4, -0.2) is 4.98 Å². The minimum atomic E-state index is 1.02. The number of hydrogen-bond acceptors (Lipinski definition) is 1. The van der Waals surface area contributed by atoms with E-state index in [1.165, 1.54) is 10.9 Å². The monoisotopic (exact) mass is 347 g/mol. The van der Waals surface area contributed by atoms with Crippen molar-refractivity contribution in [3.63, 3.8) is 0 Å². The Morgan fingerprint density at radius 2 is 2.23 bits per heavy atom. The van der Waals surface area contributed by atoms with Crippen molar-refractivity contribution in [2.24, 2.45) is 0 Å². The number of nitrogens with zero attached hydrogens (tertiary/aromatic N) is 1. The molecule has 0 spiro atoms. The van der Waals surface area contributed by atoms with Gasteiger partial charge in [0.05, 0.1) is 5.52 Å². The van der Waals surface area contributed by atoms with E-state index in [-0.39, 0.29) is 0 Å². The first-order valence-corrected chi connectivity index (χ1v) is 6.22. The quantitative estimate of drug-likeness (QED) is 0.562. The van der Waals surface area contributed by atoms with E-state index in [9.17, 15) is 0 Å². The average Bonchev–Trinajstić information content (AvgIpc) is 2.17. The molecule has 0 bridgehead atoms. The third kappa shape index (κ3) is 1.86. The highest BCUT2D eigenvalue weighted by Gasteiger charge is 2.00. The zero-order valence-electron chi connectivity index (χ0n) is 6.80. The summed E-state index contributed by atoms with van der Waals surface area (Å²) in [6, 6.07) is 8.36. The van der Waals surface area contributed by atoms with E-state index in [0.29, 0.717) is 0 Å². The second-order valence-electron chi connectivity index (χ2n) is 2.77. The fourth-order valence-corrected chi connectivity index (χ4v) is 2.30. The Morgan fingerprint density at radius 1 is 1.38 bits per heavy atom. The normalized spacial score (nSPS) is 10.6. The van der Waals surface area contributed by atoms with Gasteiger partial charge >= 0.3 is 0 Å². The van der Waals surface area contributed by atoms with Crippen LogP contribution in [0.1, 0.15) is 5.56 Å². The van der Waals surface area contributed by atoms with Crippen molar-refractivity contribution in [3.05, 3.63) is 40.5 Å². The zero-order chi connectivity index (χ0) is 9.26. The lowest BCUT2D eigenvalue weighted by Crippen LogP contribution is -1.84. The molecule has 0 fully saturated rings. The fraction of sp³-hybridized carbons (Fsp3) is 0.100. The summed E-state index contributed by atoms with van der Waals surface area (Å²) < 4.78 is 2.06. The number of aromatic nitrogens is 1. The molecular weight excluding hydrogens is 341 g/mol. The van der Waals surface area contributed by atoms with E-state index < -0.39 is 0 Å². The number of rotatable bonds is 1. The van der Waals surface area contributed by atoms with E-state index in [1.807, 2.05) is 12.3 Å². The van der Waals surface area contributed by atoms with Crippen molar-refractivity contribution in [1.82, 2.24) is 4.98 Å². The zero-order valence-corrected chi connectivity index (χ0v) is 10.5. The second kappa shape index (κ2) is 3.92. The molecule has 1 nitrogen and oxygen atoms in total. The number of fused-ring (bicyclic) bond motifs is 1. The van der Waals surface area contributed by atoms with Gasteiger partial charge in [0.2, 0.25) is 0 Å². The van der Waals surface area contributed by atoms with Crippen LogP contribution < -0.4 is 0 Å². The molecule has 2 rings (SSSR count). The Labute approximate surface area is 98.8 Å². The van der Waals surface area contributed by atoms with Crippen LogP contribution in [0, 0.1) is 0 Å². The fourth-order valence-electron chi connectivity index (χ4n) is 1.30. The summed E-state index contributed by atoms with van der Waals surface area (Å²) in [4.78, 5) is 4.34. The molecule has 0 unspecified atom stereocenters. The molecule has 0 aliphatic rings. The molecule has 1 aromatic carbocycles. The number of benzene rings is 1. The summed E-state index contributed by atoms with van der Waals surface area (Å²) in [7, 11) is 0. The predicted octanol–water partition coefficient (Wildman–Crippen LogP) is 3.93. The molecule has 0 saturated heterocycles. The lowest BCUT2D eigenvalue weighted by molar-refractivity contribution is 1.37. The van der Waals surface area contributed by atoms with Gasteiger partial charge in [0.25, 0.3) is 0 Å². The molecule has 3 heteroatoms. The average molecular weight is 348 g/mol. The largest absolute Gasteiger partial charge is 0.255 e. The topological polar surface area (TPSA) is 12.9 Å². The second-order valence-corrected chi connectivity index (χ2v) is 4.45. The minimum absolute atomic E-state index is 1.02. The first kappa shape index (κ1) is 9.40. The molecule has 13 heavy (non-hydrogen) atoms. The van der Waals surface area contributed by atoms with Crippen molar-refractivity contribution in [1.29, 1.82) is 0 Å². The highest BCUT2D eigenvalue weighted by molar-refractivity contribution is 14.1. The summed E-state index contributed by atoms with van der Waals surface area (Å²) in [5, 5.41) is 1.24. The maximum absolute atomic E-state index is 4.34. The van der Waals surface area contributed by atoms with Crippen molar-refractivity contribution < 1.29 is 0 Å². The van der Waals surface area contributed by atoms with Gasteiger partial charge < -0.3 is 0 Å². The van der Waals surface area contributed by atoms with Crippen LogP contribution in [0.2, 0.25) is 0 Å². The SMILES string of the molecule is Brc1cnc2cccc(CI)c2c1. The van der Waals surface area contributed by atoms with Crippen LogP contribution in [0.4, 0.5) is 0 Å². The third-order valence-corrected chi connectivity index (χ3v) is 3.18. The molecule has 0 aliphatic carbocycles. The first-order chi connectivity index (χ1) is 6.31. The first-order valence-electron chi connectivity index (χ1n) is 3.90. The van der Waals surface area contributed by atoms with E-state index in [4.69, 9.17) is 0 Å². The summed E-state index contributed by atoms with van der Waals surface area (Å²) >= 11 is 5.80. The van der Waals surface area contributed by atoms with E-state index >= 15 is 0 Å². The number of halogens is 2. The maximum Gasteiger partial charge on any atom is 0.0705 e. The van der Waals surface area contributed by atoms with Gasteiger partial charge in [-0.1, -0.05) is 34.7 Å². The smallest absolute Gasteiger partial charge is 0.0705 e. The van der Waals surface area contributed by atoms with Crippen molar-refractivity contribution in [2.45, 2.75) is 4.43 Å². The van der Waals surface area contributed by atoms with Crippen molar-refractivity contribution >= 4 is 49.4 Å². The van der Waals surface area contributed by atoms with Crippen LogP contribution in [0.3, 0.4) is 0 Å². The molecule has 1 aromatic heterocycles. The third-order valence-electron chi connectivity index (χ3n) is 1.93. The minimum Gasteiger partial charge on any atom is -0.255 e. The van der Waals surface area contributed by atoms with Gasteiger partial charge in [0, 0.05) is 20.5 Å². The summed E-state index contributed by atoms with van der Waals surface area (Å²) in [6.07, 6.45) is 1.83. The Hall–Kier alpha value is -0.160. The van der Waals surface area contributed by atoms with Gasteiger partial charge in [-0.05, 0) is 33.6 Å². The van der Waals surface area contributed by atoms with Crippen LogP contribution in [0.15, 0.2) is 34.9 Å². The summed E-state index contributed by atoms with van der Waals surface area (Å²) in [5.74, 6) is 0. The molecule has 0 amide bonds. The molecule has 0 N–H and O–H groups in total. The highest BCUT2D eigenvalue weighted by atomic mass is 127. The lowest BCUT2D eigenvalue weighted by atomic mass is 10.1. The van der Waals surface area contributed by atoms with E-state index in [0.717, 1.165) is 14.4 Å². The van der Waals surface area contributed by atoms with Gasteiger partial charge in [-0.15, -0.1) is 0 Å². The molecular formula is C10H7BrIN. The molecule has 0 saturated carbocycles. The van der Waals surface area contributed by atoms with E-state index in [1.54, 1.807) is 0 Å². The Kier molecular flexibility index (Phi) is 2.83. The van der Waals surface area contributed by atoms with E-state index in [2.05, 4.69) is 61.7 Å². The number of alkyl halides is 1.